The van der Waals surface area contributed by atoms with Crippen LogP contribution in [0, 0.1) is 0 Å². The van der Waals surface area contributed by atoms with Gasteiger partial charge in [0.25, 0.3) is 0 Å². The Hall–Kier alpha value is -9.00. The third-order valence-electron chi connectivity index (χ3n) is 29.9. The highest BCUT2D eigenvalue weighted by atomic mass is 16.8. The van der Waals surface area contributed by atoms with Gasteiger partial charge in [-0.2, -0.15) is 0 Å². The van der Waals surface area contributed by atoms with Crippen LogP contribution in [0.25, 0.3) is 345 Å². The summed E-state index contributed by atoms with van der Waals surface area (Å²) in [5.74, 6) is -2.76. The normalized spacial score (nSPS) is 22.7. The van der Waals surface area contributed by atoms with Gasteiger partial charge in [0.2, 0.25) is 11.6 Å². The first-order valence-corrected chi connectivity index (χ1v) is 31.8. The van der Waals surface area contributed by atoms with E-state index < -0.39 is 22.4 Å². The number of hydrogen-bond acceptors (Lipinski definition) is 4. The number of hydrogen-bond donors (Lipinski definition) is 0. The van der Waals surface area contributed by atoms with Crippen LogP contribution in [0.15, 0.2) is 0 Å². The molecule has 38 rings (SSSR count). The molecule has 33 aromatic rings. The number of rotatable bonds is 8. The van der Waals surface area contributed by atoms with E-state index in [9.17, 15) is 0 Å². The largest absolute Gasteiger partial charge is 0.345 e. The van der Waals surface area contributed by atoms with E-state index in [0.29, 0.717) is 26.4 Å². The molecule has 33 aromatic carbocycles. The second-order valence-corrected chi connectivity index (χ2v) is 30.0. The quantitative estimate of drug-likeness (QED) is 0.0863. The maximum atomic E-state index is 8.18. The zero-order valence-corrected chi connectivity index (χ0v) is 44.5. The number of benzene rings is 22. The molecule has 2 spiro atoms. The summed E-state index contributed by atoms with van der Waals surface area (Å²) in [5, 5.41) is 101. The van der Waals surface area contributed by atoms with Crippen molar-refractivity contribution in [3.8, 4) is 0 Å². The predicted molar refractivity (Wildman–Crippen MR) is 349 cm³/mol. The van der Waals surface area contributed by atoms with Gasteiger partial charge in [-0.1, -0.05) is 0 Å². The first-order valence-electron chi connectivity index (χ1n) is 31.8. The van der Waals surface area contributed by atoms with Crippen molar-refractivity contribution in [2.24, 2.45) is 0 Å². The van der Waals surface area contributed by atoms with Crippen LogP contribution in [-0.4, -0.2) is 38.0 Å². The first kappa shape index (κ1) is 33.3. The molecule has 1 saturated carbocycles. The monoisotopic (exact) mass is 1040 g/mol. The van der Waals surface area contributed by atoms with Crippen molar-refractivity contribution in [3.05, 3.63) is 22.3 Å². The number of ether oxygens (including phenoxy) is 4. The lowest BCUT2D eigenvalue weighted by Gasteiger charge is -2.79. The Kier molecular flexibility index (Phi) is 3.04. The van der Waals surface area contributed by atoms with E-state index in [2.05, 4.69) is 27.7 Å². The smallest absolute Gasteiger partial charge is 0.240 e. The molecule has 0 saturated heterocycles. The van der Waals surface area contributed by atoms with Crippen LogP contribution >= 0.6 is 0 Å². The molecule has 0 radical (unpaired) electrons. The van der Waals surface area contributed by atoms with E-state index in [1.807, 2.05) is 0 Å². The summed E-state index contributed by atoms with van der Waals surface area (Å²) >= 11 is 0. The van der Waals surface area contributed by atoms with E-state index in [1.54, 1.807) is 302 Å². The summed E-state index contributed by atoms with van der Waals surface area (Å²) in [4.78, 5) is 0. The molecular formula is C80H20O4. The van der Waals surface area contributed by atoms with Gasteiger partial charge >= 0.3 is 0 Å². The molecule has 0 amide bonds. The predicted octanol–water partition coefficient (Wildman–Crippen LogP) is 20.8. The summed E-state index contributed by atoms with van der Waals surface area (Å²) < 4.78 is 32.7. The van der Waals surface area contributed by atoms with E-state index in [4.69, 9.17) is 18.9 Å². The summed E-state index contributed by atoms with van der Waals surface area (Å²) in [6.45, 7) is 10.8. The fourth-order valence-corrected chi connectivity index (χ4v) is 30.3. The highest BCUT2D eigenvalue weighted by Gasteiger charge is 2.98. The standard InChI is InChI=1S/C80H20O4/c1-5-81-79(82-6-2)77-73-65-56-50-35-26-17-11-9-10-12-16-20-13(9)19-15(11)27-28(26)44-45-36(27)37-29(19)34-30(20)42-38-24(16)25-18(12)23-22-14(10)21(17)31(35)40-32(22)41-33(23)43-39(25)47-46(38)57-53(42)59-48(34)49(37)63-62(45)66(64(65)51(44)50)74(77)72(63)70(59)75-68(57)69-58(47)54(43)61-55(41)60(52(40)56)67(73)71(61)76(69)78(75,77)80(79,83-7-3)84-8-4/h5-8H2,1-4H3. The van der Waals surface area contributed by atoms with Crippen LogP contribution in [-0.2, 0) is 29.8 Å². The van der Waals surface area contributed by atoms with Crippen molar-refractivity contribution < 1.29 is 18.9 Å². The maximum absolute atomic E-state index is 8.18. The molecule has 4 heteroatoms. The fraction of sp³-hybridized carbons (Fsp3) is 0.150. The molecule has 364 valence electrons. The minimum Gasteiger partial charge on any atom is -0.345 e. The Morgan fingerprint density at radius 2 is 0.226 bits per heavy atom. The van der Waals surface area contributed by atoms with Crippen LogP contribution in [0.2, 0.25) is 0 Å². The molecule has 1 fully saturated rings. The van der Waals surface area contributed by atoms with Crippen LogP contribution in [0.1, 0.15) is 49.9 Å². The third-order valence-corrected chi connectivity index (χ3v) is 29.9. The van der Waals surface area contributed by atoms with E-state index >= 15 is 0 Å². The summed E-state index contributed by atoms with van der Waals surface area (Å²) in [6.07, 6.45) is 0. The van der Waals surface area contributed by atoms with Crippen molar-refractivity contribution in [1.82, 2.24) is 0 Å². The van der Waals surface area contributed by atoms with Gasteiger partial charge in [0.1, 0.15) is 10.8 Å². The minimum atomic E-state index is -1.38. The van der Waals surface area contributed by atoms with Gasteiger partial charge in [0, 0.05) is 26.4 Å². The molecule has 4 nitrogen and oxygen atoms in total. The van der Waals surface area contributed by atoms with Crippen LogP contribution in [0.4, 0.5) is 0 Å². The van der Waals surface area contributed by atoms with Crippen molar-refractivity contribution >= 4 is 345 Å². The summed E-state index contributed by atoms with van der Waals surface area (Å²) in [7, 11) is 0. The average Bonchev–Trinajstić information content (AvgIpc) is 1.35. The molecule has 2 atom stereocenters. The summed E-state index contributed by atoms with van der Waals surface area (Å²) in [5.41, 5.74) is 4.22. The SMILES string of the molecule is CCOC1(OCC)C(OCC)(OCC)C23c4c5c6c7c8c9c(c%10c%11c2c2c%12c4c4c%13c5c5c6c6c8c8c%14c9c9c%10c%10c%15c%11c2c2c%11c%12c4c4c%12c%13c%13c5c5c6c8c6c8c%14c9c9c%10c%10c%15c2c2c%11c4c4c%12c%11c%13c5c6c5c8c9c6c%10c2c4c6c%115)C713. The lowest BCUT2D eigenvalue weighted by atomic mass is 9.30. The lowest BCUT2D eigenvalue weighted by molar-refractivity contribution is -0.509. The third kappa shape index (κ3) is 1.74. The molecule has 0 aliphatic heterocycles. The van der Waals surface area contributed by atoms with Crippen LogP contribution < -0.4 is 0 Å². The van der Waals surface area contributed by atoms with Crippen molar-refractivity contribution in [1.29, 1.82) is 0 Å². The zero-order chi connectivity index (χ0) is 50.9. The molecule has 0 heterocycles. The molecule has 0 N–H and O–H groups in total. The van der Waals surface area contributed by atoms with E-state index in [1.165, 1.54) is 65.3 Å². The fourth-order valence-electron chi connectivity index (χ4n) is 30.3. The average molecular weight is 1050 g/mol. The Morgan fingerprint density at radius 1 is 0.143 bits per heavy atom. The van der Waals surface area contributed by atoms with Gasteiger partial charge in [-0.25, -0.2) is 0 Å². The zero-order valence-electron chi connectivity index (χ0n) is 44.5. The highest BCUT2D eigenvalue weighted by Crippen LogP contribution is 2.92. The topological polar surface area (TPSA) is 36.9 Å². The van der Waals surface area contributed by atoms with Gasteiger partial charge < -0.3 is 18.9 Å². The van der Waals surface area contributed by atoms with Gasteiger partial charge in [-0.15, -0.1) is 0 Å². The van der Waals surface area contributed by atoms with E-state index in [-0.39, 0.29) is 0 Å². The van der Waals surface area contributed by atoms with Gasteiger partial charge in [-0.05, 0) is 395 Å². The molecular weight excluding hydrogens is 1020 g/mol. The highest BCUT2D eigenvalue weighted by molar-refractivity contribution is 6.83. The maximum Gasteiger partial charge on any atom is 0.240 e. The van der Waals surface area contributed by atoms with Crippen LogP contribution in [0.3, 0.4) is 0 Å². The van der Waals surface area contributed by atoms with Gasteiger partial charge in [0.15, 0.2) is 0 Å². The van der Waals surface area contributed by atoms with Crippen molar-refractivity contribution in [3.63, 3.8) is 0 Å². The van der Waals surface area contributed by atoms with Gasteiger partial charge in [0.05, 0.1) is 0 Å². The second kappa shape index (κ2) is 7.65. The van der Waals surface area contributed by atoms with Crippen molar-refractivity contribution in [2.45, 2.75) is 50.1 Å². The second-order valence-electron chi connectivity index (χ2n) is 30.0. The molecule has 0 aromatic heterocycles. The Morgan fingerprint density at radius 3 is 0.333 bits per heavy atom. The lowest BCUT2D eigenvalue weighted by Crippen LogP contribution is -2.95. The first-order chi connectivity index (χ1) is 41.7. The Bertz CT molecular complexity index is 8970. The van der Waals surface area contributed by atoms with Crippen LogP contribution in [0.5, 0.6) is 0 Å². The molecule has 5 aliphatic rings. The molecule has 0 bridgehead atoms. The Balaban J connectivity index is 1.12. The molecule has 84 heavy (non-hydrogen) atoms. The van der Waals surface area contributed by atoms with Crippen molar-refractivity contribution in [2.75, 3.05) is 26.4 Å². The minimum absolute atomic E-state index is 0.462. The Labute approximate surface area is 459 Å². The molecule has 5 aliphatic carbocycles. The van der Waals surface area contributed by atoms with E-state index in [0.717, 1.165) is 0 Å². The van der Waals surface area contributed by atoms with Gasteiger partial charge in [-0.3, -0.25) is 0 Å². The molecule has 2 unspecified atom stereocenters. The summed E-state index contributed by atoms with van der Waals surface area (Å²) in [6, 6.07) is 0.